The van der Waals surface area contributed by atoms with Gasteiger partial charge in [-0.1, -0.05) is 12.1 Å². The Morgan fingerprint density at radius 2 is 1.44 bits per heavy atom. The number of hydrogen-bond donors (Lipinski definition) is 1. The second kappa shape index (κ2) is 5.96. The van der Waals surface area contributed by atoms with Crippen LogP contribution in [0.25, 0.3) is 0 Å². The van der Waals surface area contributed by atoms with Gasteiger partial charge in [0.15, 0.2) is 0 Å². The highest BCUT2D eigenvalue weighted by Gasteiger charge is 1.94. The Hall–Kier alpha value is -0.940. The molecule has 2 rings (SSSR count). The lowest BCUT2D eigenvalue weighted by atomic mass is 10.2. The molecule has 1 aromatic carbocycles. The third-order valence-electron chi connectivity index (χ3n) is 2.32. The average Bonchev–Trinajstić information content (AvgIpc) is 2.33. The fourth-order valence-electron chi connectivity index (χ4n) is 1.45. The summed E-state index contributed by atoms with van der Waals surface area (Å²) in [5.41, 5.74) is 2.58. The monoisotopic (exact) mass is 324 g/mol. The summed E-state index contributed by atoms with van der Waals surface area (Å²) in [6.07, 6.45) is 3.64. The summed E-state index contributed by atoms with van der Waals surface area (Å²) in [6.45, 7) is 1.79. The van der Waals surface area contributed by atoms with Crippen molar-refractivity contribution in [2.24, 2.45) is 0 Å². The molecule has 16 heavy (non-hydrogen) atoms. The molecule has 1 heterocycles. The Balaban J connectivity index is 1.82. The lowest BCUT2D eigenvalue weighted by molar-refractivity contribution is 0.692. The molecule has 0 atom stereocenters. The molecule has 0 aliphatic heterocycles. The Morgan fingerprint density at radius 1 is 0.875 bits per heavy atom. The number of rotatable bonds is 4. The van der Waals surface area contributed by atoms with Crippen LogP contribution >= 0.6 is 22.6 Å². The molecule has 0 aliphatic carbocycles. The van der Waals surface area contributed by atoms with E-state index in [0.29, 0.717) is 0 Å². The molecule has 0 saturated carbocycles. The number of benzene rings is 1. The minimum absolute atomic E-state index is 0.883. The summed E-state index contributed by atoms with van der Waals surface area (Å²) in [4.78, 5) is 3.99. The summed E-state index contributed by atoms with van der Waals surface area (Å²) in [7, 11) is 0. The summed E-state index contributed by atoms with van der Waals surface area (Å²) >= 11 is 2.32. The molecule has 3 heteroatoms. The fraction of sp³-hybridized carbons (Fsp3) is 0.154. The molecule has 2 nitrogen and oxygen atoms in total. The van der Waals surface area contributed by atoms with E-state index in [1.54, 1.807) is 0 Å². The largest absolute Gasteiger partial charge is 0.309 e. The van der Waals surface area contributed by atoms with Gasteiger partial charge in [-0.25, -0.2) is 0 Å². The van der Waals surface area contributed by atoms with E-state index < -0.39 is 0 Å². The van der Waals surface area contributed by atoms with Crippen molar-refractivity contribution in [3.63, 3.8) is 0 Å². The normalized spacial score (nSPS) is 10.3. The van der Waals surface area contributed by atoms with Crippen LogP contribution in [0.15, 0.2) is 48.8 Å². The van der Waals surface area contributed by atoms with E-state index >= 15 is 0 Å². The second-order valence-electron chi connectivity index (χ2n) is 3.59. The molecule has 0 bridgehead atoms. The van der Waals surface area contributed by atoms with E-state index in [1.165, 1.54) is 14.7 Å². The van der Waals surface area contributed by atoms with E-state index in [2.05, 4.69) is 57.2 Å². The van der Waals surface area contributed by atoms with Crippen LogP contribution in [0.5, 0.6) is 0 Å². The molecule has 82 valence electrons. The Labute approximate surface area is 109 Å². The van der Waals surface area contributed by atoms with Gasteiger partial charge in [-0.3, -0.25) is 4.98 Å². The van der Waals surface area contributed by atoms with Crippen LogP contribution in [-0.2, 0) is 13.1 Å². The molecule has 0 radical (unpaired) electrons. The average molecular weight is 324 g/mol. The van der Waals surface area contributed by atoms with Crippen molar-refractivity contribution in [3.05, 3.63) is 63.5 Å². The van der Waals surface area contributed by atoms with Crippen LogP contribution in [-0.4, -0.2) is 4.98 Å². The lowest BCUT2D eigenvalue weighted by Crippen LogP contribution is -2.12. The van der Waals surface area contributed by atoms with Gasteiger partial charge < -0.3 is 5.32 Å². The molecule has 0 spiro atoms. The predicted octanol–water partition coefficient (Wildman–Crippen LogP) is 2.98. The predicted molar refractivity (Wildman–Crippen MR) is 73.9 cm³/mol. The van der Waals surface area contributed by atoms with Gasteiger partial charge in [-0.15, -0.1) is 0 Å². The maximum absolute atomic E-state index is 3.99. The molecule has 1 aromatic heterocycles. The van der Waals surface area contributed by atoms with Gasteiger partial charge in [0.05, 0.1) is 0 Å². The van der Waals surface area contributed by atoms with Crippen molar-refractivity contribution in [1.29, 1.82) is 0 Å². The van der Waals surface area contributed by atoms with E-state index in [9.17, 15) is 0 Å². The van der Waals surface area contributed by atoms with Crippen LogP contribution in [0, 0.1) is 3.57 Å². The van der Waals surface area contributed by atoms with E-state index in [1.807, 2.05) is 24.5 Å². The van der Waals surface area contributed by atoms with Crippen LogP contribution in [0.1, 0.15) is 11.1 Å². The quantitative estimate of drug-likeness (QED) is 0.875. The Morgan fingerprint density at radius 3 is 2.06 bits per heavy atom. The molecular formula is C13H13IN2. The second-order valence-corrected chi connectivity index (χ2v) is 4.83. The third kappa shape index (κ3) is 3.57. The Kier molecular flexibility index (Phi) is 4.30. The van der Waals surface area contributed by atoms with Crippen LogP contribution in [0.4, 0.5) is 0 Å². The van der Waals surface area contributed by atoms with Gasteiger partial charge >= 0.3 is 0 Å². The topological polar surface area (TPSA) is 24.9 Å². The van der Waals surface area contributed by atoms with Gasteiger partial charge in [0.25, 0.3) is 0 Å². The summed E-state index contributed by atoms with van der Waals surface area (Å²) in [5, 5.41) is 3.41. The number of halogens is 1. The van der Waals surface area contributed by atoms with E-state index in [0.717, 1.165) is 13.1 Å². The van der Waals surface area contributed by atoms with Crippen molar-refractivity contribution in [2.45, 2.75) is 13.1 Å². The summed E-state index contributed by atoms with van der Waals surface area (Å²) in [6, 6.07) is 12.6. The SMILES string of the molecule is Ic1ccc(CNCc2ccncc2)cc1. The van der Waals surface area contributed by atoms with Gasteiger partial charge in [0.1, 0.15) is 0 Å². The zero-order valence-electron chi connectivity index (χ0n) is 8.86. The minimum Gasteiger partial charge on any atom is -0.309 e. The summed E-state index contributed by atoms with van der Waals surface area (Å²) in [5.74, 6) is 0. The first-order chi connectivity index (χ1) is 7.84. The number of hydrogen-bond acceptors (Lipinski definition) is 2. The molecule has 1 N–H and O–H groups in total. The molecule has 0 aliphatic rings. The highest BCUT2D eigenvalue weighted by Crippen LogP contribution is 2.06. The van der Waals surface area contributed by atoms with Gasteiger partial charge in [-0.05, 0) is 58.0 Å². The van der Waals surface area contributed by atoms with Crippen LogP contribution in [0.2, 0.25) is 0 Å². The highest BCUT2D eigenvalue weighted by atomic mass is 127. The number of pyridine rings is 1. The molecule has 0 fully saturated rings. The van der Waals surface area contributed by atoms with Gasteiger partial charge in [0, 0.05) is 29.1 Å². The maximum Gasteiger partial charge on any atom is 0.0271 e. The van der Waals surface area contributed by atoms with Crippen molar-refractivity contribution in [1.82, 2.24) is 10.3 Å². The van der Waals surface area contributed by atoms with Gasteiger partial charge in [0.2, 0.25) is 0 Å². The van der Waals surface area contributed by atoms with Crippen LogP contribution in [0.3, 0.4) is 0 Å². The van der Waals surface area contributed by atoms with Gasteiger partial charge in [-0.2, -0.15) is 0 Å². The van der Waals surface area contributed by atoms with Crippen molar-refractivity contribution in [2.75, 3.05) is 0 Å². The molecule has 0 saturated heterocycles. The summed E-state index contributed by atoms with van der Waals surface area (Å²) < 4.78 is 1.27. The molecule has 0 unspecified atom stereocenters. The zero-order chi connectivity index (χ0) is 11.2. The highest BCUT2D eigenvalue weighted by molar-refractivity contribution is 14.1. The first kappa shape index (κ1) is 11.5. The lowest BCUT2D eigenvalue weighted by Gasteiger charge is -2.04. The smallest absolute Gasteiger partial charge is 0.0271 e. The molecular weight excluding hydrogens is 311 g/mol. The van der Waals surface area contributed by atoms with E-state index in [4.69, 9.17) is 0 Å². The maximum atomic E-state index is 3.99. The fourth-order valence-corrected chi connectivity index (χ4v) is 1.81. The zero-order valence-corrected chi connectivity index (χ0v) is 11.0. The molecule has 0 amide bonds. The minimum atomic E-state index is 0.883. The Bertz CT molecular complexity index is 425. The number of nitrogens with zero attached hydrogens (tertiary/aromatic N) is 1. The van der Waals surface area contributed by atoms with E-state index in [-0.39, 0.29) is 0 Å². The van der Waals surface area contributed by atoms with Crippen molar-refractivity contribution in [3.8, 4) is 0 Å². The standard InChI is InChI=1S/C13H13IN2/c14-13-3-1-11(2-4-13)9-16-10-12-5-7-15-8-6-12/h1-8,16H,9-10H2. The number of nitrogens with one attached hydrogen (secondary N) is 1. The third-order valence-corrected chi connectivity index (χ3v) is 3.04. The first-order valence-corrected chi connectivity index (χ1v) is 6.26. The van der Waals surface area contributed by atoms with Crippen LogP contribution < -0.4 is 5.32 Å². The first-order valence-electron chi connectivity index (χ1n) is 5.18. The molecule has 2 aromatic rings. The number of aromatic nitrogens is 1. The van der Waals surface area contributed by atoms with Crippen molar-refractivity contribution < 1.29 is 0 Å². The van der Waals surface area contributed by atoms with Crippen molar-refractivity contribution >= 4 is 22.6 Å².